The molecular weight excluding hydrogens is 348 g/mol. The second-order valence-electron chi connectivity index (χ2n) is 5.42. The minimum absolute atomic E-state index is 0.0741. The Morgan fingerprint density at radius 1 is 1.32 bits per heavy atom. The van der Waals surface area contributed by atoms with Crippen molar-refractivity contribution in [1.29, 1.82) is 0 Å². The van der Waals surface area contributed by atoms with Crippen LogP contribution in [0.4, 0.5) is 0 Å². The van der Waals surface area contributed by atoms with Crippen molar-refractivity contribution in [2.24, 2.45) is 0 Å². The first-order chi connectivity index (χ1) is 11.7. The largest absolute Gasteiger partial charge is 0.497 e. The van der Waals surface area contributed by atoms with Crippen LogP contribution in [0.1, 0.15) is 24.9 Å². The van der Waals surface area contributed by atoms with Crippen LogP contribution in [0.5, 0.6) is 5.75 Å². The number of amides is 1. The fourth-order valence-electron chi connectivity index (χ4n) is 2.06. The van der Waals surface area contributed by atoms with Crippen LogP contribution in [-0.2, 0) is 24.3 Å². The minimum Gasteiger partial charge on any atom is -0.497 e. The normalized spacial score (nSPS) is 12.5. The quantitative estimate of drug-likeness (QED) is 0.640. The number of rotatable bonds is 9. The van der Waals surface area contributed by atoms with E-state index >= 15 is 0 Å². The molecule has 1 N–H and O–H groups in total. The summed E-state index contributed by atoms with van der Waals surface area (Å²) < 4.78 is 33.9. The van der Waals surface area contributed by atoms with E-state index in [-0.39, 0.29) is 19.6 Å². The third kappa shape index (κ3) is 7.10. The third-order valence-corrected chi connectivity index (χ3v) is 4.70. The fraction of sp³-hybridized carbons (Fsp3) is 0.500. The number of carbonyl (C=O) groups is 2. The molecule has 0 saturated heterocycles. The maximum atomic E-state index is 12.2. The van der Waals surface area contributed by atoms with Gasteiger partial charge < -0.3 is 14.8 Å². The van der Waals surface area contributed by atoms with Crippen LogP contribution < -0.4 is 10.1 Å². The molecule has 0 saturated carbocycles. The Morgan fingerprint density at radius 2 is 2.00 bits per heavy atom. The monoisotopic (exact) mass is 372 g/mol. The fourth-order valence-corrected chi connectivity index (χ4v) is 2.41. The number of nitrogens with zero attached hydrogens (tertiary/aromatic N) is 1. The molecule has 1 rings (SSSR count). The first kappa shape index (κ1) is 20.9. The number of nitrogens with one attached hydrogen (secondary N) is 1. The van der Waals surface area contributed by atoms with Gasteiger partial charge in [-0.15, -0.1) is 0 Å². The van der Waals surface area contributed by atoms with Crippen LogP contribution in [0.25, 0.3) is 0 Å². The second kappa shape index (κ2) is 9.38. The summed E-state index contributed by atoms with van der Waals surface area (Å²) in [4.78, 5) is 24.0. The molecule has 9 heteroatoms. The lowest BCUT2D eigenvalue weighted by Crippen LogP contribution is -2.40. The van der Waals surface area contributed by atoms with Gasteiger partial charge in [-0.1, -0.05) is 12.1 Å². The van der Waals surface area contributed by atoms with E-state index in [0.29, 0.717) is 11.3 Å². The number of hydrogen-bond acceptors (Lipinski definition) is 6. The van der Waals surface area contributed by atoms with Crippen molar-refractivity contribution in [2.45, 2.75) is 19.4 Å². The van der Waals surface area contributed by atoms with Crippen molar-refractivity contribution in [3.8, 4) is 5.75 Å². The molecule has 0 bridgehead atoms. The SMILES string of the molecule is CCOC(=O)C[C@H](NC(=O)CN(C)S(C)(=O)=O)c1cccc(OC)c1. The zero-order valence-electron chi connectivity index (χ0n) is 14.8. The maximum Gasteiger partial charge on any atom is 0.308 e. The van der Waals surface area contributed by atoms with Gasteiger partial charge in [0.2, 0.25) is 15.9 Å². The highest BCUT2D eigenvalue weighted by Gasteiger charge is 2.22. The predicted octanol–water partition coefficient (Wildman–Crippen LogP) is 0.697. The Morgan fingerprint density at radius 3 is 2.56 bits per heavy atom. The molecule has 0 spiro atoms. The molecule has 140 valence electrons. The van der Waals surface area contributed by atoms with E-state index < -0.39 is 27.9 Å². The van der Waals surface area contributed by atoms with Gasteiger partial charge in [0.15, 0.2) is 0 Å². The van der Waals surface area contributed by atoms with Gasteiger partial charge in [0, 0.05) is 7.05 Å². The lowest BCUT2D eigenvalue weighted by Gasteiger charge is -2.21. The summed E-state index contributed by atoms with van der Waals surface area (Å²) in [5.74, 6) is -0.411. The van der Waals surface area contributed by atoms with Crippen LogP contribution >= 0.6 is 0 Å². The summed E-state index contributed by atoms with van der Waals surface area (Å²) in [5, 5.41) is 2.68. The van der Waals surface area contributed by atoms with E-state index in [1.807, 2.05) is 0 Å². The number of benzene rings is 1. The molecule has 8 nitrogen and oxygen atoms in total. The van der Waals surface area contributed by atoms with Crippen molar-refractivity contribution in [3.63, 3.8) is 0 Å². The van der Waals surface area contributed by atoms with Gasteiger partial charge in [-0.3, -0.25) is 9.59 Å². The average molecular weight is 372 g/mol. The first-order valence-corrected chi connectivity index (χ1v) is 9.52. The molecule has 0 aromatic heterocycles. The lowest BCUT2D eigenvalue weighted by atomic mass is 10.0. The van der Waals surface area contributed by atoms with Crippen molar-refractivity contribution in [3.05, 3.63) is 29.8 Å². The summed E-state index contributed by atoms with van der Waals surface area (Å²) in [7, 11) is -0.660. The average Bonchev–Trinajstić information content (AvgIpc) is 2.53. The topological polar surface area (TPSA) is 102 Å². The summed E-state index contributed by atoms with van der Waals surface area (Å²) in [6.45, 7) is 1.58. The molecule has 1 atom stereocenters. The molecular formula is C16H24N2O6S. The first-order valence-electron chi connectivity index (χ1n) is 7.67. The molecule has 0 unspecified atom stereocenters. The van der Waals surface area contributed by atoms with Crippen molar-refractivity contribution in [2.75, 3.05) is 33.6 Å². The van der Waals surface area contributed by atoms with Gasteiger partial charge >= 0.3 is 5.97 Å². The number of ether oxygens (including phenoxy) is 2. The number of methoxy groups -OCH3 is 1. The van der Waals surface area contributed by atoms with Crippen LogP contribution in [0.3, 0.4) is 0 Å². The number of carbonyl (C=O) groups excluding carboxylic acids is 2. The summed E-state index contributed by atoms with van der Waals surface area (Å²) in [6.07, 6.45) is 0.938. The zero-order valence-corrected chi connectivity index (χ0v) is 15.6. The third-order valence-electron chi connectivity index (χ3n) is 3.44. The number of esters is 1. The molecule has 1 aromatic carbocycles. The molecule has 25 heavy (non-hydrogen) atoms. The van der Waals surface area contributed by atoms with E-state index in [9.17, 15) is 18.0 Å². The highest BCUT2D eigenvalue weighted by atomic mass is 32.2. The summed E-state index contributed by atoms with van der Waals surface area (Å²) >= 11 is 0. The molecule has 0 fully saturated rings. The summed E-state index contributed by atoms with van der Waals surface area (Å²) in [5.41, 5.74) is 0.655. The Labute approximate surface area is 148 Å². The van der Waals surface area contributed by atoms with E-state index in [2.05, 4.69) is 5.32 Å². The Kier molecular flexibility index (Phi) is 7.85. The van der Waals surface area contributed by atoms with E-state index in [1.54, 1.807) is 31.2 Å². The molecule has 0 aliphatic heterocycles. The van der Waals surface area contributed by atoms with Crippen LogP contribution in [0.15, 0.2) is 24.3 Å². The Balaban J connectivity index is 2.94. The number of likely N-dealkylation sites (N-methyl/N-ethyl adjacent to an activating group) is 1. The van der Waals surface area contributed by atoms with Gasteiger partial charge in [0.25, 0.3) is 0 Å². The predicted molar refractivity (Wildman–Crippen MR) is 92.6 cm³/mol. The molecule has 0 heterocycles. The van der Waals surface area contributed by atoms with Crippen LogP contribution in [0.2, 0.25) is 0 Å². The van der Waals surface area contributed by atoms with Gasteiger partial charge in [-0.2, -0.15) is 4.31 Å². The second-order valence-corrected chi connectivity index (χ2v) is 7.51. The molecule has 1 aromatic rings. The zero-order chi connectivity index (χ0) is 19.0. The minimum atomic E-state index is -3.48. The smallest absolute Gasteiger partial charge is 0.308 e. The molecule has 0 radical (unpaired) electrons. The van der Waals surface area contributed by atoms with E-state index in [1.165, 1.54) is 14.2 Å². The van der Waals surface area contributed by atoms with Gasteiger partial charge in [-0.05, 0) is 24.6 Å². The highest BCUT2D eigenvalue weighted by Crippen LogP contribution is 2.22. The van der Waals surface area contributed by atoms with Gasteiger partial charge in [0.05, 0.1) is 39.0 Å². The summed E-state index contributed by atoms with van der Waals surface area (Å²) in [6, 6.07) is 6.26. The lowest BCUT2D eigenvalue weighted by molar-refractivity contribution is -0.143. The Hall–Kier alpha value is -2.13. The van der Waals surface area contributed by atoms with Crippen molar-refractivity contribution in [1.82, 2.24) is 9.62 Å². The highest BCUT2D eigenvalue weighted by molar-refractivity contribution is 7.88. The maximum absolute atomic E-state index is 12.2. The van der Waals surface area contributed by atoms with E-state index in [0.717, 1.165) is 10.6 Å². The number of hydrogen-bond donors (Lipinski definition) is 1. The van der Waals surface area contributed by atoms with Crippen LogP contribution in [0, 0.1) is 0 Å². The Bertz CT molecular complexity index is 704. The van der Waals surface area contributed by atoms with Gasteiger partial charge in [-0.25, -0.2) is 8.42 Å². The van der Waals surface area contributed by atoms with E-state index in [4.69, 9.17) is 9.47 Å². The molecule has 0 aliphatic carbocycles. The van der Waals surface area contributed by atoms with Crippen molar-refractivity contribution < 1.29 is 27.5 Å². The molecule has 1 amide bonds. The van der Waals surface area contributed by atoms with Crippen molar-refractivity contribution >= 4 is 21.9 Å². The standard InChI is InChI=1S/C16H24N2O6S/c1-5-24-16(20)10-14(12-7-6-8-13(9-12)23-3)17-15(19)11-18(2)25(4,21)22/h6-9,14H,5,10-11H2,1-4H3,(H,17,19)/t14-/m0/s1. The number of sulfonamides is 1. The molecule has 0 aliphatic rings. The van der Waals surface area contributed by atoms with Gasteiger partial charge in [0.1, 0.15) is 5.75 Å². The van der Waals surface area contributed by atoms with Crippen LogP contribution in [-0.4, -0.2) is 58.2 Å².